The Labute approximate surface area is 265 Å². The van der Waals surface area contributed by atoms with Crippen molar-refractivity contribution in [3.63, 3.8) is 0 Å². The molecule has 0 aromatic heterocycles. The Morgan fingerprint density at radius 2 is 1.00 bits per heavy atom. The van der Waals surface area contributed by atoms with Gasteiger partial charge < -0.3 is 29.6 Å². The van der Waals surface area contributed by atoms with Gasteiger partial charge in [0.2, 0.25) is 0 Å². The van der Waals surface area contributed by atoms with Crippen molar-refractivity contribution in [3.8, 4) is 0 Å². The molecule has 0 unspecified atom stereocenters. The van der Waals surface area contributed by atoms with Crippen molar-refractivity contribution in [2.75, 3.05) is 13.1 Å². The molecule has 0 atom stereocenters. The Balaban J connectivity index is 0.865. The van der Waals surface area contributed by atoms with Crippen LogP contribution in [0.25, 0.3) is 0 Å². The van der Waals surface area contributed by atoms with E-state index in [1.807, 2.05) is 31.4 Å². The SMILES string of the molecule is BC(=O)CCC(=O)OC(CNC(=O)OC(B)(B)B(C12BB1B2)C12BB1B2)CNC(=O)OC(B)(B)B(C12BB1B2)C12BB1B2. The number of hydrogen-bond donors (Lipinski definition) is 2. The predicted molar refractivity (Wildman–Crippen MR) is 204 cm³/mol. The zero-order chi connectivity index (χ0) is 30.4. The molecule has 8 aliphatic heterocycles. The minimum atomic E-state index is -0.827. The first kappa shape index (κ1) is 29.3. The molecule has 2 N–H and O–H groups in total. The van der Waals surface area contributed by atoms with Gasteiger partial charge in [0.15, 0.2) is 7.85 Å². The molecule has 8 heterocycles. The van der Waals surface area contributed by atoms with Crippen LogP contribution in [-0.2, 0) is 23.8 Å². The molecule has 198 valence electrons. The highest BCUT2D eigenvalue weighted by Gasteiger charge is 2.89. The van der Waals surface area contributed by atoms with E-state index in [0.717, 1.165) is 26.0 Å². The predicted octanol–water partition coefficient (Wildman–Crippen LogP) is -12.5. The lowest BCUT2D eigenvalue weighted by Crippen LogP contribution is -2.58. The van der Waals surface area contributed by atoms with Gasteiger partial charge >= 0.3 is 18.2 Å². The average molecular weight is 555 g/mol. The normalized spacial score (nSPS) is 23.1. The van der Waals surface area contributed by atoms with Crippen LogP contribution in [0.1, 0.15) is 12.8 Å². The molecule has 0 aliphatic carbocycles. The molecule has 0 radical (unpaired) electrons. The number of fused-ring (bicyclic) bond motifs is 4. The van der Waals surface area contributed by atoms with Crippen LogP contribution in [0.5, 0.6) is 0 Å². The standard InChI is InChI=1S/C15H29B19N2O7/c16-6(37)1-2-7(38)41-5(3-35-8(39)42-10(17,18)29(12-21-31(12)22-12)13-23-32(13)24-13)4-36-9(40)43-11(19,20)30(14-25-33(14)26-14)15-27-34(15)28-15/h5,21-28H,1-4,16-20H2,(H,35,39)(H,36,40). The fraction of sp³-hybridized carbons (Fsp3) is 0.733. The highest BCUT2D eigenvalue weighted by molar-refractivity contribution is 7.90. The van der Waals surface area contributed by atoms with Crippen LogP contribution in [0.4, 0.5) is 9.59 Å². The van der Waals surface area contributed by atoms with E-state index < -0.39 is 34.9 Å². The molecule has 8 aliphatic rings. The third kappa shape index (κ3) is 4.95. The number of nitrogens with one attached hydrogen (secondary N) is 2. The van der Waals surface area contributed by atoms with Crippen LogP contribution < -0.4 is 10.6 Å². The maximum Gasteiger partial charge on any atom is 0.405 e. The van der Waals surface area contributed by atoms with E-state index in [1.165, 1.54) is 65.2 Å². The summed E-state index contributed by atoms with van der Waals surface area (Å²) < 4.78 is 17.8. The number of carbonyl (C=O) groups excluding carboxylic acids is 4. The summed E-state index contributed by atoms with van der Waals surface area (Å²) in [7, 11) is 19.7. The molecule has 8 rings (SSSR count). The molecule has 8 fully saturated rings. The molecule has 8 saturated heterocycles. The van der Waals surface area contributed by atoms with Crippen LogP contribution in [-0.4, -0.2) is 190 Å². The van der Waals surface area contributed by atoms with E-state index in [0.29, 0.717) is 33.5 Å². The van der Waals surface area contributed by atoms with Crippen molar-refractivity contribution < 1.29 is 33.4 Å². The van der Waals surface area contributed by atoms with E-state index in [2.05, 4.69) is 10.6 Å². The number of hydrogen-bond acceptors (Lipinski definition) is 7. The lowest BCUT2D eigenvalue weighted by atomic mass is 9.07. The lowest BCUT2D eigenvalue weighted by Gasteiger charge is -2.39. The van der Waals surface area contributed by atoms with Crippen molar-refractivity contribution in [2.24, 2.45) is 0 Å². The molecular weight excluding hydrogens is 526 g/mol. The van der Waals surface area contributed by atoms with Crippen molar-refractivity contribution >= 4 is 160 Å². The Hall–Kier alpha value is -1.09. The van der Waals surface area contributed by atoms with E-state index in [-0.39, 0.29) is 31.6 Å². The second kappa shape index (κ2) is 9.04. The Morgan fingerprint density at radius 1 is 0.674 bits per heavy atom. The third-order valence-corrected chi connectivity index (χ3v) is 13.3. The van der Waals surface area contributed by atoms with Crippen molar-refractivity contribution in [3.05, 3.63) is 0 Å². The van der Waals surface area contributed by atoms with Crippen LogP contribution in [0.3, 0.4) is 0 Å². The van der Waals surface area contributed by atoms with Gasteiger partial charge in [-0.1, -0.05) is 0 Å². The van der Waals surface area contributed by atoms with E-state index >= 15 is 0 Å². The highest BCUT2D eigenvalue weighted by Crippen LogP contribution is 2.75. The summed E-state index contributed by atoms with van der Waals surface area (Å²) in [6.45, 7) is 4.02. The summed E-state index contributed by atoms with van der Waals surface area (Å²) in [6, 6.07) is 0. The van der Waals surface area contributed by atoms with Gasteiger partial charge in [0.05, 0.1) is 109 Å². The summed E-state index contributed by atoms with van der Waals surface area (Å²) in [5, 5.41) is 5.98. The number of carbonyl (C=O) groups is 4. The van der Waals surface area contributed by atoms with E-state index in [1.54, 1.807) is 0 Å². The molecule has 0 spiro atoms. The second-order valence-corrected chi connectivity index (χ2v) is 17.3. The number of esters is 1. The lowest BCUT2D eigenvalue weighted by molar-refractivity contribution is -0.149. The number of rotatable bonds is 16. The average Bonchev–Trinajstić information content (AvgIpc) is 3.61. The van der Waals surface area contributed by atoms with Gasteiger partial charge in [0.25, 0.3) is 0 Å². The first-order chi connectivity index (χ1) is 20.2. The van der Waals surface area contributed by atoms with Crippen molar-refractivity contribution in [1.29, 1.82) is 0 Å². The Morgan fingerprint density at radius 3 is 1.28 bits per heavy atom. The number of ether oxygens (including phenoxy) is 3. The third-order valence-electron chi connectivity index (χ3n) is 13.3. The molecular formula is C15H29B19N2O7. The first-order valence-electron chi connectivity index (χ1n) is 16.8. The number of alkyl carbamates (subject to hydrolysis) is 2. The van der Waals surface area contributed by atoms with E-state index in [4.69, 9.17) is 14.2 Å². The van der Waals surface area contributed by atoms with Gasteiger partial charge in [0, 0.05) is 17.0 Å². The fourth-order valence-electron chi connectivity index (χ4n) is 10.5. The minimum absolute atomic E-state index is 0.0190. The van der Waals surface area contributed by atoms with Gasteiger partial charge in [-0.05, 0) is 0 Å². The van der Waals surface area contributed by atoms with Crippen LogP contribution in [0.15, 0.2) is 0 Å². The van der Waals surface area contributed by atoms with E-state index in [9.17, 15) is 19.2 Å². The largest absolute Gasteiger partial charge is 0.470 e. The highest BCUT2D eigenvalue weighted by atomic mass is 16.6. The number of amides is 2. The van der Waals surface area contributed by atoms with Crippen molar-refractivity contribution in [1.82, 2.24) is 10.6 Å². The Kier molecular flexibility index (Phi) is 6.16. The summed E-state index contributed by atoms with van der Waals surface area (Å²) in [4.78, 5) is 50.0. The zero-order valence-electron chi connectivity index (χ0n) is 26.4. The first-order valence-corrected chi connectivity index (χ1v) is 16.8. The fourth-order valence-corrected chi connectivity index (χ4v) is 10.5. The summed E-state index contributed by atoms with van der Waals surface area (Å²) in [5.41, 5.74) is -0.104. The van der Waals surface area contributed by atoms with Gasteiger partial charge in [-0.15, -0.1) is 20.0 Å². The topological polar surface area (TPSA) is 120 Å². The van der Waals surface area contributed by atoms with Crippen LogP contribution in [0, 0.1) is 0 Å². The smallest absolute Gasteiger partial charge is 0.405 e. The molecule has 43 heavy (non-hydrogen) atoms. The van der Waals surface area contributed by atoms with Gasteiger partial charge in [-0.2, -0.15) is 0 Å². The van der Waals surface area contributed by atoms with Gasteiger partial charge in [0.1, 0.15) is 50.9 Å². The second-order valence-electron chi connectivity index (χ2n) is 17.3. The molecule has 28 heteroatoms. The monoisotopic (exact) mass is 558 g/mol. The quantitative estimate of drug-likeness (QED) is 0.110. The molecule has 0 aromatic carbocycles. The van der Waals surface area contributed by atoms with Gasteiger partial charge in [-0.3, -0.25) is 4.79 Å². The molecule has 2 amide bonds. The minimum Gasteiger partial charge on any atom is -0.470 e. The summed E-state index contributed by atoms with van der Waals surface area (Å²) in [6.07, 6.45) is -1.88. The van der Waals surface area contributed by atoms with Crippen LogP contribution in [0.2, 0.25) is 20.0 Å². The maximum absolute atomic E-state index is 13.1. The molecule has 0 bridgehead atoms. The molecule has 9 nitrogen and oxygen atoms in total. The van der Waals surface area contributed by atoms with Crippen LogP contribution >= 0.6 is 0 Å². The molecule has 0 aromatic rings. The summed E-state index contributed by atoms with van der Waals surface area (Å²) >= 11 is 0. The van der Waals surface area contributed by atoms with Gasteiger partial charge in [-0.25, -0.2) is 9.59 Å². The Bertz CT molecular complexity index is 1180. The molecule has 0 saturated carbocycles. The summed E-state index contributed by atoms with van der Waals surface area (Å²) in [5.74, 6) is -0.549. The maximum atomic E-state index is 13.1. The zero-order valence-corrected chi connectivity index (χ0v) is 26.4. The van der Waals surface area contributed by atoms with Crippen molar-refractivity contribution in [2.45, 2.75) is 49.6 Å².